The van der Waals surface area contributed by atoms with Gasteiger partial charge in [0.2, 0.25) is 0 Å². The SMILES string of the molecule is C=S(C)N1CCN(c2ccc(N(N)c3c(N)cc(F)c(C)c3F)cc2)CC1. The van der Waals surface area contributed by atoms with Gasteiger partial charge in [0.15, 0.2) is 5.82 Å². The highest BCUT2D eigenvalue weighted by Crippen LogP contribution is 2.34. The van der Waals surface area contributed by atoms with Crippen molar-refractivity contribution in [3.63, 3.8) is 0 Å². The van der Waals surface area contributed by atoms with E-state index in [2.05, 4.69) is 21.3 Å². The molecule has 0 saturated carbocycles. The van der Waals surface area contributed by atoms with Gasteiger partial charge < -0.3 is 10.6 Å². The number of hydrogen-bond donors (Lipinski definition) is 2. The van der Waals surface area contributed by atoms with Crippen molar-refractivity contribution in [2.45, 2.75) is 6.92 Å². The Labute approximate surface area is 161 Å². The van der Waals surface area contributed by atoms with Gasteiger partial charge in [-0.1, -0.05) is 5.87 Å². The smallest absolute Gasteiger partial charge is 0.156 e. The Kier molecular flexibility index (Phi) is 5.69. The third-order valence-corrected chi connectivity index (χ3v) is 6.11. The Morgan fingerprint density at radius 1 is 1.11 bits per heavy atom. The second-order valence-electron chi connectivity index (χ2n) is 6.64. The normalized spacial score (nSPS) is 16.4. The molecule has 0 aliphatic carbocycles. The summed E-state index contributed by atoms with van der Waals surface area (Å²) in [5.41, 5.74) is 7.27. The zero-order valence-electron chi connectivity index (χ0n) is 15.6. The van der Waals surface area contributed by atoms with Crippen molar-refractivity contribution in [2.24, 2.45) is 5.84 Å². The van der Waals surface area contributed by atoms with E-state index in [1.165, 1.54) is 6.92 Å². The van der Waals surface area contributed by atoms with Gasteiger partial charge in [0.05, 0.1) is 11.4 Å². The minimum atomic E-state index is -0.752. The van der Waals surface area contributed by atoms with E-state index in [9.17, 15) is 8.78 Å². The standard InChI is InChI=1S/C19H25F2N5S/c1-13-16(20)12-17(22)19(18(13)21)26(23)15-6-4-14(5-7-15)24-8-10-25(11-9-24)27(2)3/h4-7,12H,2,8-11,22-23H2,1,3H3. The first-order valence-electron chi connectivity index (χ1n) is 8.64. The van der Waals surface area contributed by atoms with Crippen LogP contribution in [-0.4, -0.2) is 42.6 Å². The van der Waals surface area contributed by atoms with Crippen LogP contribution in [0.3, 0.4) is 0 Å². The summed E-state index contributed by atoms with van der Waals surface area (Å²) in [6.07, 6.45) is 2.13. The molecule has 5 nitrogen and oxygen atoms in total. The fourth-order valence-corrected chi connectivity index (χ4v) is 3.96. The average Bonchev–Trinajstić information content (AvgIpc) is 2.66. The van der Waals surface area contributed by atoms with Crippen LogP contribution in [0.15, 0.2) is 30.3 Å². The molecule has 1 aliphatic rings. The number of hydrogen-bond acceptors (Lipinski definition) is 5. The summed E-state index contributed by atoms with van der Waals surface area (Å²) in [6.45, 7) is 5.17. The highest BCUT2D eigenvalue weighted by molar-refractivity contribution is 8.11. The third kappa shape index (κ3) is 3.92. The zero-order valence-corrected chi connectivity index (χ0v) is 16.4. The fraction of sp³-hybridized carbons (Fsp3) is 0.316. The Hall–Kier alpha value is -2.16. The summed E-state index contributed by atoms with van der Waals surface area (Å²) in [5, 5.41) is 1.16. The lowest BCUT2D eigenvalue weighted by molar-refractivity contribution is 0.430. The molecule has 1 heterocycles. The Bertz CT molecular complexity index is 848. The van der Waals surface area contributed by atoms with Crippen molar-refractivity contribution < 1.29 is 8.78 Å². The fourth-order valence-electron chi connectivity index (χ4n) is 3.18. The molecule has 146 valence electrons. The number of nitrogens with zero attached hydrogens (tertiary/aromatic N) is 3. The number of rotatable bonds is 4. The van der Waals surface area contributed by atoms with Gasteiger partial charge in [0, 0.05) is 37.4 Å². The second-order valence-corrected chi connectivity index (χ2v) is 8.36. The molecule has 4 N–H and O–H groups in total. The van der Waals surface area contributed by atoms with E-state index in [4.69, 9.17) is 11.6 Å². The lowest BCUT2D eigenvalue weighted by Gasteiger charge is -2.36. The molecular weight excluding hydrogens is 368 g/mol. The highest BCUT2D eigenvalue weighted by atomic mass is 32.2. The van der Waals surface area contributed by atoms with E-state index in [1.54, 1.807) is 0 Å². The molecule has 8 heteroatoms. The zero-order chi connectivity index (χ0) is 19.7. The van der Waals surface area contributed by atoms with Gasteiger partial charge in [-0.3, -0.25) is 9.31 Å². The molecule has 2 aromatic carbocycles. The van der Waals surface area contributed by atoms with Gasteiger partial charge in [0.1, 0.15) is 11.5 Å². The molecule has 0 aromatic heterocycles. The number of hydrazine groups is 1. The van der Waals surface area contributed by atoms with Crippen molar-refractivity contribution in [3.05, 3.63) is 47.5 Å². The highest BCUT2D eigenvalue weighted by Gasteiger charge is 2.20. The first-order chi connectivity index (χ1) is 12.8. The van der Waals surface area contributed by atoms with E-state index in [0.717, 1.165) is 42.9 Å². The molecule has 0 spiro atoms. The van der Waals surface area contributed by atoms with Crippen LogP contribution >= 0.6 is 10.7 Å². The Balaban J connectivity index is 1.78. The molecule has 1 saturated heterocycles. The number of anilines is 4. The number of nitrogens with two attached hydrogens (primary N) is 2. The number of benzene rings is 2. The number of piperazine rings is 1. The molecule has 1 aliphatic heterocycles. The van der Waals surface area contributed by atoms with Gasteiger partial charge in [-0.15, -0.1) is 10.7 Å². The van der Waals surface area contributed by atoms with Crippen LogP contribution in [-0.2, 0) is 0 Å². The van der Waals surface area contributed by atoms with Crippen LogP contribution in [0.2, 0.25) is 0 Å². The molecular formula is C19H25F2N5S. The predicted octanol–water partition coefficient (Wildman–Crippen LogP) is 3.23. The van der Waals surface area contributed by atoms with Gasteiger partial charge in [-0.2, -0.15) is 0 Å². The monoisotopic (exact) mass is 393 g/mol. The molecule has 27 heavy (non-hydrogen) atoms. The van der Waals surface area contributed by atoms with Crippen LogP contribution in [0.25, 0.3) is 0 Å². The molecule has 3 rings (SSSR count). The Morgan fingerprint density at radius 3 is 2.26 bits per heavy atom. The molecule has 0 amide bonds. The summed E-state index contributed by atoms with van der Waals surface area (Å²) in [6, 6.07) is 8.61. The average molecular weight is 394 g/mol. The van der Waals surface area contributed by atoms with E-state index in [1.807, 2.05) is 24.3 Å². The quantitative estimate of drug-likeness (QED) is 0.361. The van der Waals surface area contributed by atoms with Gasteiger partial charge >= 0.3 is 0 Å². The van der Waals surface area contributed by atoms with Gasteiger partial charge in [0.25, 0.3) is 0 Å². The largest absolute Gasteiger partial charge is 0.397 e. The number of nitrogen functional groups attached to an aromatic ring is 1. The van der Waals surface area contributed by atoms with Crippen LogP contribution < -0.4 is 21.5 Å². The maximum Gasteiger partial charge on any atom is 0.156 e. The first-order valence-corrected chi connectivity index (χ1v) is 10.4. The van der Waals surface area contributed by atoms with Gasteiger partial charge in [-0.05, 0) is 43.5 Å². The van der Waals surface area contributed by atoms with Crippen LogP contribution in [0.1, 0.15) is 5.56 Å². The van der Waals surface area contributed by atoms with E-state index in [0.29, 0.717) is 5.69 Å². The minimum Gasteiger partial charge on any atom is -0.397 e. The van der Waals surface area contributed by atoms with Crippen molar-refractivity contribution >= 4 is 39.3 Å². The lowest BCUT2D eigenvalue weighted by Crippen LogP contribution is -2.43. The van der Waals surface area contributed by atoms with Crippen molar-refractivity contribution in [1.29, 1.82) is 0 Å². The van der Waals surface area contributed by atoms with Crippen LogP contribution in [0, 0.1) is 18.6 Å². The summed E-state index contributed by atoms with van der Waals surface area (Å²) >= 11 is 0. The topological polar surface area (TPSA) is 61.8 Å². The van der Waals surface area contributed by atoms with Crippen molar-refractivity contribution in [3.8, 4) is 0 Å². The third-order valence-electron chi connectivity index (χ3n) is 4.86. The minimum absolute atomic E-state index is 0.0271. The van der Waals surface area contributed by atoms with E-state index >= 15 is 0 Å². The lowest BCUT2D eigenvalue weighted by atomic mass is 10.1. The van der Waals surface area contributed by atoms with E-state index < -0.39 is 11.6 Å². The maximum absolute atomic E-state index is 14.5. The summed E-state index contributed by atoms with van der Waals surface area (Å²) in [5.74, 6) is 8.74. The predicted molar refractivity (Wildman–Crippen MR) is 113 cm³/mol. The molecule has 2 aromatic rings. The first kappa shape index (κ1) is 19.6. The molecule has 1 fully saturated rings. The summed E-state index contributed by atoms with van der Waals surface area (Å²) < 4.78 is 30.5. The molecule has 1 atom stereocenters. The Morgan fingerprint density at radius 2 is 1.70 bits per heavy atom. The molecule has 0 radical (unpaired) electrons. The van der Waals surface area contributed by atoms with E-state index in [-0.39, 0.29) is 27.6 Å². The second kappa shape index (κ2) is 7.84. The summed E-state index contributed by atoms with van der Waals surface area (Å²) in [4.78, 5) is 2.30. The van der Waals surface area contributed by atoms with Crippen LogP contribution in [0.4, 0.5) is 31.5 Å². The number of halogens is 2. The van der Waals surface area contributed by atoms with Crippen molar-refractivity contribution in [1.82, 2.24) is 4.31 Å². The summed E-state index contributed by atoms with van der Waals surface area (Å²) in [7, 11) is 0.0467. The van der Waals surface area contributed by atoms with Gasteiger partial charge in [-0.25, -0.2) is 14.6 Å². The van der Waals surface area contributed by atoms with Crippen molar-refractivity contribution in [2.75, 3.05) is 48.1 Å². The van der Waals surface area contributed by atoms with Crippen LogP contribution in [0.5, 0.6) is 0 Å². The molecule has 0 bridgehead atoms. The molecule has 1 unspecified atom stereocenters. The maximum atomic E-state index is 14.5.